The number of hydrogen-bond acceptors (Lipinski definition) is 1. The van der Waals surface area contributed by atoms with Gasteiger partial charge in [-0.15, -0.1) is 0 Å². The van der Waals surface area contributed by atoms with Gasteiger partial charge in [0.05, 0.1) is 11.6 Å². The second-order valence-electron chi connectivity index (χ2n) is 9.32. The van der Waals surface area contributed by atoms with Gasteiger partial charge in [-0.05, 0) is 97.1 Å². The number of rotatable bonds is 7. The lowest BCUT2D eigenvalue weighted by molar-refractivity contribution is 0.310. The Morgan fingerprint density at radius 3 is 2.10 bits per heavy atom. The van der Waals surface area contributed by atoms with Crippen molar-refractivity contribution in [1.29, 1.82) is 5.26 Å². The quantitative estimate of drug-likeness (QED) is 0.392. The molecular weight excluding hydrogens is 374 g/mol. The van der Waals surface area contributed by atoms with E-state index < -0.39 is 0 Å². The third-order valence-electron chi connectivity index (χ3n) is 7.13. The van der Waals surface area contributed by atoms with Gasteiger partial charge in [-0.3, -0.25) is 0 Å². The van der Waals surface area contributed by atoms with E-state index >= 15 is 0 Å². The molecule has 4 rings (SSSR count). The van der Waals surface area contributed by atoms with Crippen LogP contribution in [0.3, 0.4) is 0 Å². The summed E-state index contributed by atoms with van der Waals surface area (Å²) >= 11 is 0. The van der Waals surface area contributed by atoms with E-state index in [1.54, 1.807) is 0 Å². The number of aryl methyl sites for hydroxylation is 1. The summed E-state index contributed by atoms with van der Waals surface area (Å²) in [5.41, 5.74) is 6.51. The van der Waals surface area contributed by atoms with Crippen LogP contribution in [0.25, 0.3) is 0 Å². The van der Waals surface area contributed by atoms with E-state index in [1.165, 1.54) is 54.4 Å². The molecule has 158 valence electrons. The molecule has 1 aliphatic carbocycles. The molecule has 1 heteroatoms. The Hall–Kier alpha value is -2.85. The third kappa shape index (κ3) is 5.86. The van der Waals surface area contributed by atoms with Gasteiger partial charge in [-0.2, -0.15) is 5.26 Å². The first kappa shape index (κ1) is 21.4. The minimum Gasteiger partial charge on any atom is -0.192 e. The Bertz CT molecular complexity index is 971. The van der Waals surface area contributed by atoms with Gasteiger partial charge in [-0.25, -0.2) is 0 Å². The van der Waals surface area contributed by atoms with Gasteiger partial charge in [0.25, 0.3) is 0 Å². The maximum Gasteiger partial charge on any atom is 0.0991 e. The van der Waals surface area contributed by atoms with Gasteiger partial charge >= 0.3 is 0 Å². The number of nitriles is 1. The number of benzene rings is 3. The van der Waals surface area contributed by atoms with Crippen LogP contribution in [-0.2, 0) is 12.8 Å². The first-order chi connectivity index (χ1) is 15.2. The molecule has 0 spiro atoms. The van der Waals surface area contributed by atoms with Crippen molar-refractivity contribution in [3.05, 3.63) is 107 Å². The largest absolute Gasteiger partial charge is 0.192 e. The maximum atomic E-state index is 8.93. The molecule has 1 fully saturated rings. The third-order valence-corrected chi connectivity index (χ3v) is 7.13. The molecule has 1 atom stereocenters. The summed E-state index contributed by atoms with van der Waals surface area (Å²) in [4.78, 5) is 0. The number of nitrogens with zero attached hydrogens (tertiary/aromatic N) is 1. The average molecular weight is 408 g/mol. The molecule has 0 bridgehead atoms. The SMILES string of the molecule is CC(Cc1ccc(C2CCC(CCc3ccc(C#N)cc3)CC2)cc1)c1ccccc1. The van der Waals surface area contributed by atoms with Gasteiger partial charge < -0.3 is 0 Å². The van der Waals surface area contributed by atoms with Crippen molar-refractivity contribution < 1.29 is 0 Å². The summed E-state index contributed by atoms with van der Waals surface area (Å²) in [6.45, 7) is 2.32. The second kappa shape index (κ2) is 10.5. The van der Waals surface area contributed by atoms with Crippen molar-refractivity contribution in [2.24, 2.45) is 5.92 Å². The highest BCUT2D eigenvalue weighted by atomic mass is 14.3. The Morgan fingerprint density at radius 2 is 1.45 bits per heavy atom. The van der Waals surface area contributed by atoms with Crippen LogP contribution < -0.4 is 0 Å². The topological polar surface area (TPSA) is 23.8 Å². The van der Waals surface area contributed by atoms with Crippen molar-refractivity contribution in [2.75, 3.05) is 0 Å². The first-order valence-electron chi connectivity index (χ1n) is 11.8. The monoisotopic (exact) mass is 407 g/mol. The first-order valence-corrected chi connectivity index (χ1v) is 11.8. The molecule has 31 heavy (non-hydrogen) atoms. The Morgan fingerprint density at radius 1 is 0.806 bits per heavy atom. The van der Waals surface area contributed by atoms with Crippen molar-refractivity contribution >= 4 is 0 Å². The van der Waals surface area contributed by atoms with E-state index in [0.29, 0.717) is 5.92 Å². The summed E-state index contributed by atoms with van der Waals surface area (Å²) < 4.78 is 0. The van der Waals surface area contributed by atoms with E-state index in [2.05, 4.69) is 79.7 Å². The fourth-order valence-electron chi connectivity index (χ4n) is 5.08. The normalized spacial score (nSPS) is 19.5. The predicted molar refractivity (Wildman–Crippen MR) is 129 cm³/mol. The van der Waals surface area contributed by atoms with Crippen molar-refractivity contribution in [2.45, 2.75) is 63.7 Å². The predicted octanol–water partition coefficient (Wildman–Crippen LogP) is 7.81. The average Bonchev–Trinajstić information content (AvgIpc) is 2.84. The fraction of sp³-hybridized carbons (Fsp3) is 0.367. The highest BCUT2D eigenvalue weighted by molar-refractivity contribution is 5.32. The van der Waals surface area contributed by atoms with Gasteiger partial charge in [0.15, 0.2) is 0 Å². The molecule has 1 unspecified atom stereocenters. The molecule has 0 amide bonds. The summed E-state index contributed by atoms with van der Waals surface area (Å²) in [5.74, 6) is 2.13. The molecule has 1 aliphatic rings. The van der Waals surface area contributed by atoms with Gasteiger partial charge in [0.2, 0.25) is 0 Å². The zero-order valence-corrected chi connectivity index (χ0v) is 18.6. The van der Waals surface area contributed by atoms with Crippen LogP contribution in [-0.4, -0.2) is 0 Å². The van der Waals surface area contributed by atoms with Gasteiger partial charge in [0.1, 0.15) is 0 Å². The summed E-state index contributed by atoms with van der Waals surface area (Å²) in [6, 6.07) is 30.6. The lowest BCUT2D eigenvalue weighted by Gasteiger charge is -2.29. The highest BCUT2D eigenvalue weighted by Gasteiger charge is 2.22. The van der Waals surface area contributed by atoms with Crippen molar-refractivity contribution in [1.82, 2.24) is 0 Å². The highest BCUT2D eigenvalue weighted by Crippen LogP contribution is 2.37. The zero-order valence-electron chi connectivity index (χ0n) is 18.6. The molecule has 3 aromatic carbocycles. The zero-order chi connectivity index (χ0) is 21.5. The minimum absolute atomic E-state index is 0.554. The van der Waals surface area contributed by atoms with E-state index in [4.69, 9.17) is 5.26 Å². The maximum absolute atomic E-state index is 8.93. The van der Waals surface area contributed by atoms with Crippen molar-refractivity contribution in [3.8, 4) is 6.07 Å². The van der Waals surface area contributed by atoms with Crippen LogP contribution in [0.2, 0.25) is 0 Å². The molecule has 0 heterocycles. The van der Waals surface area contributed by atoms with Crippen LogP contribution in [0, 0.1) is 17.2 Å². The minimum atomic E-state index is 0.554. The summed E-state index contributed by atoms with van der Waals surface area (Å²) in [6.07, 6.45) is 8.83. The van der Waals surface area contributed by atoms with Crippen LogP contribution in [0.5, 0.6) is 0 Å². The molecule has 1 saturated carbocycles. The van der Waals surface area contributed by atoms with Gasteiger partial charge in [0, 0.05) is 0 Å². The standard InChI is InChI=1S/C30H33N/c1-23(28-5-3-2-4-6-28)21-26-15-19-30(20-16-26)29-17-13-25(14-18-29)8-7-24-9-11-27(22-31)12-10-24/h2-6,9-12,15-16,19-20,23,25,29H,7-8,13-14,17-18,21H2,1H3. The van der Waals surface area contributed by atoms with E-state index in [9.17, 15) is 0 Å². The molecule has 1 nitrogen and oxygen atoms in total. The molecule has 0 radical (unpaired) electrons. The van der Waals surface area contributed by atoms with Crippen LogP contribution in [0.4, 0.5) is 0 Å². The van der Waals surface area contributed by atoms with Gasteiger partial charge in [-0.1, -0.05) is 73.7 Å². The molecule has 0 N–H and O–H groups in total. The number of hydrogen-bond donors (Lipinski definition) is 0. The van der Waals surface area contributed by atoms with Crippen LogP contribution in [0.15, 0.2) is 78.9 Å². The Kier molecular flexibility index (Phi) is 7.21. The van der Waals surface area contributed by atoms with E-state index in [-0.39, 0.29) is 0 Å². The molecule has 0 aromatic heterocycles. The molecule has 0 saturated heterocycles. The second-order valence-corrected chi connectivity index (χ2v) is 9.32. The molecular formula is C30H33N. The van der Waals surface area contributed by atoms with E-state index in [1.807, 2.05) is 12.1 Å². The lowest BCUT2D eigenvalue weighted by atomic mass is 9.76. The lowest BCUT2D eigenvalue weighted by Crippen LogP contribution is -2.14. The Labute approximate surface area is 187 Å². The van der Waals surface area contributed by atoms with Crippen LogP contribution in [0.1, 0.15) is 78.7 Å². The van der Waals surface area contributed by atoms with Crippen molar-refractivity contribution in [3.63, 3.8) is 0 Å². The smallest absolute Gasteiger partial charge is 0.0991 e. The van der Waals surface area contributed by atoms with E-state index in [0.717, 1.165) is 30.2 Å². The Balaban J connectivity index is 1.24. The summed E-state index contributed by atoms with van der Waals surface area (Å²) in [5, 5.41) is 8.93. The van der Waals surface area contributed by atoms with Crippen LogP contribution >= 0.6 is 0 Å². The summed E-state index contributed by atoms with van der Waals surface area (Å²) in [7, 11) is 0. The fourth-order valence-corrected chi connectivity index (χ4v) is 5.08. The molecule has 0 aliphatic heterocycles. The molecule has 3 aromatic rings.